The summed E-state index contributed by atoms with van der Waals surface area (Å²) in [5.41, 5.74) is 1.76. The molecule has 2 aromatic carbocycles. The number of aromatic nitrogens is 1. The first-order chi connectivity index (χ1) is 11.1. The summed E-state index contributed by atoms with van der Waals surface area (Å²) in [5, 5.41) is 15.7. The predicted molar refractivity (Wildman–Crippen MR) is 81.2 cm³/mol. The second-order valence-corrected chi connectivity index (χ2v) is 4.94. The van der Waals surface area contributed by atoms with E-state index in [1.54, 1.807) is 24.3 Å². The van der Waals surface area contributed by atoms with Gasteiger partial charge in [0.1, 0.15) is 17.3 Å². The van der Waals surface area contributed by atoms with E-state index < -0.39 is 5.91 Å². The summed E-state index contributed by atoms with van der Waals surface area (Å²) in [6.45, 7) is 0.287. The van der Waals surface area contributed by atoms with Crippen molar-refractivity contribution in [3.63, 3.8) is 0 Å². The predicted octanol–water partition coefficient (Wildman–Crippen LogP) is 3.12. The van der Waals surface area contributed by atoms with E-state index >= 15 is 0 Å². The molecule has 0 aliphatic carbocycles. The Labute approximate surface area is 131 Å². The van der Waals surface area contributed by atoms with Gasteiger partial charge in [-0.05, 0) is 29.8 Å². The van der Waals surface area contributed by atoms with E-state index in [2.05, 4.69) is 10.5 Å². The number of hydrogen-bond donors (Lipinski definition) is 2. The minimum absolute atomic E-state index is 0.0445. The number of hydrogen-bond acceptors (Lipinski definition) is 4. The lowest BCUT2D eigenvalue weighted by Crippen LogP contribution is -2.22. The van der Waals surface area contributed by atoms with Crippen LogP contribution in [-0.2, 0) is 6.54 Å². The minimum Gasteiger partial charge on any atom is -0.508 e. The standard InChI is InChI=1S/C17H13FN2O3/c18-13-3-1-2-12(8-13)15-9-16(23-20-15)17(22)19-10-11-4-6-14(21)7-5-11/h1-9,21H,10H2,(H,19,22). The molecule has 6 heteroatoms. The summed E-state index contributed by atoms with van der Waals surface area (Å²) in [6, 6.07) is 13.8. The normalized spacial score (nSPS) is 10.5. The van der Waals surface area contributed by atoms with Gasteiger partial charge in [0.15, 0.2) is 0 Å². The highest BCUT2D eigenvalue weighted by atomic mass is 19.1. The van der Waals surface area contributed by atoms with Gasteiger partial charge < -0.3 is 14.9 Å². The highest BCUT2D eigenvalue weighted by Gasteiger charge is 2.14. The second-order valence-electron chi connectivity index (χ2n) is 4.94. The fourth-order valence-corrected chi connectivity index (χ4v) is 2.05. The lowest BCUT2D eigenvalue weighted by Gasteiger charge is -2.02. The summed E-state index contributed by atoms with van der Waals surface area (Å²) in [7, 11) is 0. The summed E-state index contributed by atoms with van der Waals surface area (Å²) in [4.78, 5) is 12.0. The van der Waals surface area contributed by atoms with E-state index in [4.69, 9.17) is 4.52 Å². The number of amides is 1. The molecule has 116 valence electrons. The van der Waals surface area contributed by atoms with Crippen molar-refractivity contribution in [2.45, 2.75) is 6.54 Å². The zero-order chi connectivity index (χ0) is 16.2. The Bertz CT molecular complexity index is 828. The van der Waals surface area contributed by atoms with Crippen molar-refractivity contribution in [1.82, 2.24) is 10.5 Å². The largest absolute Gasteiger partial charge is 0.508 e. The zero-order valence-electron chi connectivity index (χ0n) is 12.0. The van der Waals surface area contributed by atoms with Gasteiger partial charge in [0, 0.05) is 18.2 Å². The van der Waals surface area contributed by atoms with Crippen LogP contribution in [0.2, 0.25) is 0 Å². The lowest BCUT2D eigenvalue weighted by molar-refractivity contribution is 0.0914. The molecule has 0 aliphatic heterocycles. The molecule has 0 radical (unpaired) electrons. The van der Waals surface area contributed by atoms with Gasteiger partial charge in [-0.15, -0.1) is 0 Å². The van der Waals surface area contributed by atoms with Crippen molar-refractivity contribution in [2.75, 3.05) is 0 Å². The molecule has 0 atom stereocenters. The van der Waals surface area contributed by atoms with Crippen LogP contribution >= 0.6 is 0 Å². The van der Waals surface area contributed by atoms with E-state index in [0.29, 0.717) is 11.3 Å². The van der Waals surface area contributed by atoms with Gasteiger partial charge >= 0.3 is 0 Å². The van der Waals surface area contributed by atoms with E-state index in [9.17, 15) is 14.3 Å². The van der Waals surface area contributed by atoms with Crippen LogP contribution in [-0.4, -0.2) is 16.2 Å². The summed E-state index contributed by atoms with van der Waals surface area (Å²) >= 11 is 0. The van der Waals surface area contributed by atoms with Crippen LogP contribution in [0.4, 0.5) is 4.39 Å². The van der Waals surface area contributed by atoms with E-state index in [0.717, 1.165) is 5.56 Å². The van der Waals surface area contributed by atoms with Crippen LogP contribution in [0.1, 0.15) is 16.1 Å². The highest BCUT2D eigenvalue weighted by molar-refractivity contribution is 5.92. The van der Waals surface area contributed by atoms with Gasteiger partial charge in [-0.2, -0.15) is 0 Å². The first-order valence-electron chi connectivity index (χ1n) is 6.90. The number of carbonyl (C=O) groups excluding carboxylic acids is 1. The Balaban J connectivity index is 1.67. The van der Waals surface area contributed by atoms with Crippen LogP contribution in [0.15, 0.2) is 59.1 Å². The Morgan fingerprint density at radius 2 is 1.96 bits per heavy atom. The van der Waals surface area contributed by atoms with Gasteiger partial charge in [0.05, 0.1) is 0 Å². The van der Waals surface area contributed by atoms with Crippen molar-refractivity contribution < 1.29 is 18.8 Å². The summed E-state index contributed by atoms with van der Waals surface area (Å²) < 4.78 is 18.2. The topological polar surface area (TPSA) is 75.4 Å². The zero-order valence-corrected chi connectivity index (χ0v) is 12.0. The molecule has 0 saturated carbocycles. The Morgan fingerprint density at radius 3 is 2.70 bits per heavy atom. The van der Waals surface area contributed by atoms with Crippen LogP contribution in [0.3, 0.4) is 0 Å². The molecule has 0 spiro atoms. The number of halogens is 1. The Hall–Kier alpha value is -3.15. The molecule has 1 heterocycles. The third-order valence-electron chi connectivity index (χ3n) is 3.24. The van der Waals surface area contributed by atoms with Crippen molar-refractivity contribution >= 4 is 5.91 Å². The first-order valence-corrected chi connectivity index (χ1v) is 6.90. The molecule has 23 heavy (non-hydrogen) atoms. The molecule has 0 saturated heterocycles. The van der Waals surface area contributed by atoms with Crippen molar-refractivity contribution in [3.8, 4) is 17.0 Å². The van der Waals surface area contributed by atoms with Crippen LogP contribution in [0.5, 0.6) is 5.75 Å². The number of rotatable bonds is 4. The lowest BCUT2D eigenvalue weighted by atomic mass is 10.1. The van der Waals surface area contributed by atoms with Gasteiger partial charge in [0.2, 0.25) is 5.76 Å². The van der Waals surface area contributed by atoms with Crippen molar-refractivity contribution in [1.29, 1.82) is 0 Å². The molecule has 0 bridgehead atoms. The third kappa shape index (κ3) is 3.55. The SMILES string of the molecule is O=C(NCc1ccc(O)cc1)c1cc(-c2cccc(F)c2)no1. The van der Waals surface area contributed by atoms with E-state index in [-0.39, 0.29) is 23.9 Å². The number of nitrogens with one attached hydrogen (secondary N) is 1. The Morgan fingerprint density at radius 1 is 1.17 bits per heavy atom. The van der Waals surface area contributed by atoms with Crippen LogP contribution in [0.25, 0.3) is 11.3 Å². The quantitative estimate of drug-likeness (QED) is 0.776. The number of nitrogens with zero attached hydrogens (tertiary/aromatic N) is 1. The van der Waals surface area contributed by atoms with Crippen LogP contribution in [0, 0.1) is 5.82 Å². The number of aromatic hydroxyl groups is 1. The summed E-state index contributed by atoms with van der Waals surface area (Å²) in [6.07, 6.45) is 0. The maximum absolute atomic E-state index is 13.2. The number of phenols is 1. The highest BCUT2D eigenvalue weighted by Crippen LogP contribution is 2.20. The minimum atomic E-state index is -0.423. The van der Waals surface area contributed by atoms with Crippen LogP contribution < -0.4 is 5.32 Å². The molecule has 2 N–H and O–H groups in total. The molecule has 3 aromatic rings. The van der Waals surface area contributed by atoms with Gasteiger partial charge in [-0.25, -0.2) is 4.39 Å². The molecule has 1 aromatic heterocycles. The van der Waals surface area contributed by atoms with Crippen molar-refractivity contribution in [2.24, 2.45) is 0 Å². The monoisotopic (exact) mass is 312 g/mol. The first kappa shape index (κ1) is 14.8. The van der Waals surface area contributed by atoms with E-state index in [1.165, 1.54) is 30.3 Å². The fourth-order valence-electron chi connectivity index (χ4n) is 2.05. The summed E-state index contributed by atoms with van der Waals surface area (Å²) in [5.74, 6) is -0.602. The smallest absolute Gasteiger partial charge is 0.290 e. The molecule has 5 nitrogen and oxygen atoms in total. The molecule has 3 rings (SSSR count). The average molecular weight is 312 g/mol. The van der Waals surface area contributed by atoms with Gasteiger partial charge in [-0.3, -0.25) is 4.79 Å². The Kier molecular flexibility index (Phi) is 4.05. The number of carbonyl (C=O) groups is 1. The number of benzene rings is 2. The third-order valence-corrected chi connectivity index (χ3v) is 3.24. The van der Waals surface area contributed by atoms with Gasteiger partial charge in [-0.1, -0.05) is 29.4 Å². The fraction of sp³-hybridized carbons (Fsp3) is 0.0588. The average Bonchev–Trinajstić information content (AvgIpc) is 3.04. The molecule has 0 aliphatic rings. The van der Waals surface area contributed by atoms with E-state index in [1.807, 2.05) is 0 Å². The molecule has 0 unspecified atom stereocenters. The van der Waals surface area contributed by atoms with Crippen molar-refractivity contribution in [3.05, 3.63) is 71.7 Å². The molecular weight excluding hydrogens is 299 g/mol. The molecule has 1 amide bonds. The second kappa shape index (κ2) is 6.31. The maximum Gasteiger partial charge on any atom is 0.290 e. The van der Waals surface area contributed by atoms with Gasteiger partial charge in [0.25, 0.3) is 5.91 Å². The number of phenolic OH excluding ortho intramolecular Hbond substituents is 1. The maximum atomic E-state index is 13.2. The molecule has 0 fully saturated rings. The molecular formula is C17H13FN2O3.